The lowest BCUT2D eigenvalue weighted by Crippen LogP contribution is -2.54. The zero-order valence-corrected chi connectivity index (χ0v) is 25.2. The number of carbonyl (C=O) groups excluding carboxylic acids is 2. The van der Waals surface area contributed by atoms with E-state index in [9.17, 15) is 18.0 Å². The minimum atomic E-state index is -4.19. The number of methoxy groups -OCH3 is 1. The minimum Gasteiger partial charge on any atom is -0.495 e. The minimum absolute atomic E-state index is 0.0125. The molecule has 0 aliphatic carbocycles. The van der Waals surface area contributed by atoms with Gasteiger partial charge in [-0.2, -0.15) is 0 Å². The predicted molar refractivity (Wildman–Crippen MR) is 158 cm³/mol. The van der Waals surface area contributed by atoms with Crippen molar-refractivity contribution in [2.24, 2.45) is 0 Å². The topological polar surface area (TPSA) is 96.0 Å². The Balaban J connectivity index is 2.06. The molecule has 0 spiro atoms. The second-order valence-corrected chi connectivity index (χ2v) is 12.8. The lowest BCUT2D eigenvalue weighted by molar-refractivity contribution is -0.140. The quantitative estimate of drug-likeness (QED) is 0.353. The van der Waals surface area contributed by atoms with E-state index in [1.807, 2.05) is 52.0 Å². The van der Waals surface area contributed by atoms with Gasteiger partial charge in [0.25, 0.3) is 10.0 Å². The summed E-state index contributed by atoms with van der Waals surface area (Å²) in [5.74, 6) is -0.537. The first-order chi connectivity index (χ1) is 18.7. The lowest BCUT2D eigenvalue weighted by atomic mass is 10.1. The van der Waals surface area contributed by atoms with E-state index in [1.165, 1.54) is 36.3 Å². The van der Waals surface area contributed by atoms with Crippen LogP contribution in [0.3, 0.4) is 0 Å². The van der Waals surface area contributed by atoms with E-state index in [1.54, 1.807) is 31.2 Å². The van der Waals surface area contributed by atoms with Crippen LogP contribution in [0.15, 0.2) is 77.7 Å². The fraction of sp³-hybridized carbons (Fsp3) is 0.333. The Morgan fingerprint density at radius 2 is 1.68 bits per heavy atom. The van der Waals surface area contributed by atoms with Crippen molar-refractivity contribution in [1.29, 1.82) is 0 Å². The SMILES string of the molecule is COc1ccc(N(CC(=O)N(Cc2cccc(C)c2)[C@H](C)C(=O)NC(C)(C)C)S(=O)(=O)c2ccccc2)cc1Cl. The molecule has 3 rings (SSSR count). The van der Waals surface area contributed by atoms with Crippen molar-refractivity contribution in [3.05, 3.63) is 88.9 Å². The lowest BCUT2D eigenvalue weighted by Gasteiger charge is -2.33. The molecule has 0 aliphatic heterocycles. The molecule has 2 amide bonds. The van der Waals surface area contributed by atoms with Crippen LogP contribution in [0, 0.1) is 6.92 Å². The highest BCUT2D eigenvalue weighted by Crippen LogP contribution is 2.32. The van der Waals surface area contributed by atoms with Gasteiger partial charge in [-0.25, -0.2) is 8.42 Å². The van der Waals surface area contributed by atoms with Crippen LogP contribution >= 0.6 is 11.6 Å². The number of sulfonamides is 1. The summed E-state index contributed by atoms with van der Waals surface area (Å²) < 4.78 is 33.9. The molecule has 1 atom stereocenters. The number of anilines is 1. The van der Waals surface area contributed by atoms with E-state index in [4.69, 9.17) is 16.3 Å². The van der Waals surface area contributed by atoms with E-state index >= 15 is 0 Å². The van der Waals surface area contributed by atoms with Crippen molar-refractivity contribution < 1.29 is 22.7 Å². The maximum absolute atomic E-state index is 14.0. The molecule has 0 radical (unpaired) electrons. The van der Waals surface area contributed by atoms with Crippen molar-refractivity contribution in [2.45, 2.75) is 57.6 Å². The van der Waals surface area contributed by atoms with Gasteiger partial charge < -0.3 is 15.0 Å². The molecule has 0 saturated carbocycles. The molecule has 214 valence electrons. The van der Waals surface area contributed by atoms with Crippen LogP contribution in [0.25, 0.3) is 0 Å². The molecule has 8 nitrogen and oxygen atoms in total. The average Bonchev–Trinajstić information content (AvgIpc) is 2.89. The molecular weight excluding hydrogens is 550 g/mol. The number of benzene rings is 3. The molecule has 40 heavy (non-hydrogen) atoms. The number of hydrogen-bond acceptors (Lipinski definition) is 5. The number of nitrogens with one attached hydrogen (secondary N) is 1. The van der Waals surface area contributed by atoms with E-state index in [-0.39, 0.29) is 28.1 Å². The molecule has 0 aliphatic rings. The van der Waals surface area contributed by atoms with Gasteiger partial charge in [0.2, 0.25) is 11.8 Å². The van der Waals surface area contributed by atoms with Crippen molar-refractivity contribution in [3.63, 3.8) is 0 Å². The van der Waals surface area contributed by atoms with Crippen LogP contribution in [0.4, 0.5) is 5.69 Å². The Labute approximate surface area is 241 Å². The third kappa shape index (κ3) is 7.76. The highest BCUT2D eigenvalue weighted by Gasteiger charge is 2.33. The number of aryl methyl sites for hydroxylation is 1. The zero-order chi connectivity index (χ0) is 29.7. The third-order valence-corrected chi connectivity index (χ3v) is 8.22. The first-order valence-electron chi connectivity index (χ1n) is 12.8. The number of rotatable bonds is 10. The number of carbonyl (C=O) groups is 2. The van der Waals surface area contributed by atoms with Crippen molar-refractivity contribution in [2.75, 3.05) is 18.0 Å². The summed E-state index contributed by atoms with van der Waals surface area (Å²) in [7, 11) is -2.73. The normalized spacial score (nSPS) is 12.4. The highest BCUT2D eigenvalue weighted by atomic mass is 35.5. The Morgan fingerprint density at radius 3 is 2.25 bits per heavy atom. The number of halogens is 1. The van der Waals surface area contributed by atoms with Gasteiger partial charge in [0.15, 0.2) is 0 Å². The zero-order valence-electron chi connectivity index (χ0n) is 23.6. The number of ether oxygens (including phenoxy) is 1. The summed E-state index contributed by atoms with van der Waals surface area (Å²) in [6, 6.07) is 19.1. The Morgan fingerprint density at radius 1 is 1.00 bits per heavy atom. The summed E-state index contributed by atoms with van der Waals surface area (Å²) in [6.45, 7) is 8.69. The van der Waals surface area contributed by atoms with Crippen LogP contribution < -0.4 is 14.4 Å². The number of nitrogens with zero attached hydrogens (tertiary/aromatic N) is 2. The van der Waals surface area contributed by atoms with Crippen molar-refractivity contribution in [3.8, 4) is 5.75 Å². The molecule has 0 fully saturated rings. The van der Waals surface area contributed by atoms with Gasteiger partial charge in [-0.15, -0.1) is 0 Å². The molecular formula is C30H36ClN3O5S. The summed E-state index contributed by atoms with van der Waals surface area (Å²) in [6.07, 6.45) is 0. The molecule has 0 saturated heterocycles. The first-order valence-corrected chi connectivity index (χ1v) is 14.6. The fourth-order valence-electron chi connectivity index (χ4n) is 4.12. The third-order valence-electron chi connectivity index (χ3n) is 6.13. The van der Waals surface area contributed by atoms with Gasteiger partial charge in [-0.05, 0) is 70.5 Å². The molecule has 1 N–H and O–H groups in total. The maximum atomic E-state index is 14.0. The van der Waals surface area contributed by atoms with Crippen LogP contribution in [0.2, 0.25) is 5.02 Å². The van der Waals surface area contributed by atoms with Crippen LogP contribution in [0.1, 0.15) is 38.8 Å². The second-order valence-electron chi connectivity index (χ2n) is 10.6. The fourth-order valence-corrected chi connectivity index (χ4v) is 5.80. The summed E-state index contributed by atoms with van der Waals surface area (Å²) in [5, 5.41) is 3.11. The van der Waals surface area contributed by atoms with Crippen LogP contribution in [0.5, 0.6) is 5.75 Å². The molecule has 3 aromatic rings. The largest absolute Gasteiger partial charge is 0.495 e. The molecule has 0 aromatic heterocycles. The van der Waals surface area contributed by atoms with Gasteiger partial charge in [0.1, 0.15) is 18.3 Å². The van der Waals surface area contributed by atoms with E-state index < -0.39 is 34.1 Å². The van der Waals surface area contributed by atoms with Gasteiger partial charge in [-0.3, -0.25) is 13.9 Å². The summed E-state index contributed by atoms with van der Waals surface area (Å²) in [4.78, 5) is 28.6. The van der Waals surface area contributed by atoms with Gasteiger partial charge >= 0.3 is 0 Å². The summed E-state index contributed by atoms with van der Waals surface area (Å²) in [5.41, 5.74) is 1.48. The molecule has 10 heteroatoms. The smallest absolute Gasteiger partial charge is 0.264 e. The van der Waals surface area contributed by atoms with Gasteiger partial charge in [-0.1, -0.05) is 59.6 Å². The summed E-state index contributed by atoms with van der Waals surface area (Å²) >= 11 is 6.35. The Kier molecular flexibility index (Phi) is 9.87. The second kappa shape index (κ2) is 12.7. The van der Waals surface area contributed by atoms with Gasteiger partial charge in [0, 0.05) is 12.1 Å². The van der Waals surface area contributed by atoms with E-state index in [2.05, 4.69) is 5.32 Å². The number of amides is 2. The standard InChI is InChI=1S/C30H36ClN3O5S/c1-21-11-10-12-23(17-21)19-33(22(2)29(36)32-30(3,4)5)28(35)20-34(24-15-16-27(39-6)26(31)18-24)40(37,38)25-13-8-7-9-14-25/h7-18,22H,19-20H2,1-6H3,(H,32,36)/t22-/m1/s1. The van der Waals surface area contributed by atoms with Crippen LogP contribution in [-0.2, 0) is 26.2 Å². The molecule has 0 unspecified atom stereocenters. The predicted octanol–water partition coefficient (Wildman–Crippen LogP) is 5.18. The molecule has 0 heterocycles. The van der Waals surface area contributed by atoms with Crippen LogP contribution in [-0.4, -0.2) is 50.4 Å². The van der Waals surface area contributed by atoms with Gasteiger partial charge in [0.05, 0.1) is 22.7 Å². The van der Waals surface area contributed by atoms with E-state index in [0.29, 0.717) is 5.75 Å². The van der Waals surface area contributed by atoms with Crippen molar-refractivity contribution >= 4 is 39.1 Å². The first kappa shape index (κ1) is 31.0. The van der Waals surface area contributed by atoms with Crippen molar-refractivity contribution in [1.82, 2.24) is 10.2 Å². The molecule has 0 bridgehead atoms. The Bertz CT molecular complexity index is 1460. The maximum Gasteiger partial charge on any atom is 0.264 e. The van der Waals surface area contributed by atoms with E-state index in [0.717, 1.165) is 15.4 Å². The average molecular weight is 586 g/mol. The monoisotopic (exact) mass is 585 g/mol. The Hall–Kier alpha value is -3.56. The number of hydrogen-bond donors (Lipinski definition) is 1. The highest BCUT2D eigenvalue weighted by molar-refractivity contribution is 7.92. The molecule has 3 aromatic carbocycles.